The molecule has 0 unspecified atom stereocenters. The smallest absolute Gasteiger partial charge is 0.338 e. The first kappa shape index (κ1) is 13.1. The van der Waals surface area contributed by atoms with Crippen molar-refractivity contribution in [3.05, 3.63) is 34.9 Å². The first-order valence-electron chi connectivity index (χ1n) is 5.41. The van der Waals surface area contributed by atoms with Gasteiger partial charge in [0.2, 0.25) is 0 Å². The lowest BCUT2D eigenvalue weighted by molar-refractivity contribution is -0.107. The highest BCUT2D eigenvalue weighted by Gasteiger charge is 2.09. The minimum Gasteiger partial charge on any atom is -0.462 e. The second-order valence-electron chi connectivity index (χ2n) is 3.46. The van der Waals surface area contributed by atoms with Gasteiger partial charge in [-0.05, 0) is 31.0 Å². The number of aryl methyl sites for hydroxylation is 1. The lowest BCUT2D eigenvalue weighted by atomic mass is 10.0. The highest BCUT2D eigenvalue weighted by Crippen LogP contribution is 2.13. The molecule has 0 radical (unpaired) electrons. The second kappa shape index (κ2) is 6.58. The van der Waals surface area contributed by atoms with E-state index in [0.29, 0.717) is 36.9 Å². The summed E-state index contributed by atoms with van der Waals surface area (Å²) in [4.78, 5) is 32.6. The summed E-state index contributed by atoms with van der Waals surface area (Å²) >= 11 is 0. The van der Waals surface area contributed by atoms with E-state index in [4.69, 9.17) is 4.74 Å². The van der Waals surface area contributed by atoms with Gasteiger partial charge in [-0.2, -0.15) is 0 Å². The van der Waals surface area contributed by atoms with Gasteiger partial charge in [0.15, 0.2) is 0 Å². The van der Waals surface area contributed by atoms with Crippen molar-refractivity contribution >= 4 is 18.5 Å². The fourth-order valence-corrected chi connectivity index (χ4v) is 1.49. The fraction of sp³-hybridized carbons (Fsp3) is 0.308. The molecule has 1 rings (SSSR count). The zero-order chi connectivity index (χ0) is 12.7. The van der Waals surface area contributed by atoms with Gasteiger partial charge in [0.25, 0.3) is 0 Å². The van der Waals surface area contributed by atoms with Crippen molar-refractivity contribution in [2.45, 2.75) is 19.8 Å². The summed E-state index contributed by atoms with van der Waals surface area (Å²) in [5.41, 5.74) is 1.54. The fourth-order valence-electron chi connectivity index (χ4n) is 1.49. The van der Waals surface area contributed by atoms with Gasteiger partial charge >= 0.3 is 5.97 Å². The van der Waals surface area contributed by atoms with Gasteiger partial charge in [-0.25, -0.2) is 4.79 Å². The third kappa shape index (κ3) is 3.52. The molecule has 0 heterocycles. The van der Waals surface area contributed by atoms with E-state index in [1.165, 1.54) is 6.07 Å². The molecular formula is C13H14O4. The van der Waals surface area contributed by atoms with Crippen LogP contribution in [0.3, 0.4) is 0 Å². The third-order valence-corrected chi connectivity index (χ3v) is 2.32. The van der Waals surface area contributed by atoms with Crippen LogP contribution in [0.25, 0.3) is 0 Å². The number of rotatable bonds is 6. The molecule has 0 amide bonds. The Kier molecular flexibility index (Phi) is 5.07. The van der Waals surface area contributed by atoms with Gasteiger partial charge < -0.3 is 9.53 Å². The molecule has 0 atom stereocenters. The molecule has 1 aromatic rings. The number of esters is 1. The van der Waals surface area contributed by atoms with Crippen molar-refractivity contribution in [3.8, 4) is 0 Å². The summed E-state index contributed by atoms with van der Waals surface area (Å²) in [5.74, 6) is -0.447. The Balaban J connectivity index is 2.95. The molecule has 0 aliphatic carbocycles. The van der Waals surface area contributed by atoms with E-state index in [0.717, 1.165) is 11.8 Å². The van der Waals surface area contributed by atoms with Crippen LogP contribution in [-0.2, 0) is 16.0 Å². The molecule has 0 fully saturated rings. The Morgan fingerprint density at radius 1 is 1.35 bits per heavy atom. The molecule has 90 valence electrons. The van der Waals surface area contributed by atoms with Crippen LogP contribution < -0.4 is 0 Å². The van der Waals surface area contributed by atoms with Crippen LogP contribution in [0.4, 0.5) is 0 Å². The predicted octanol–water partition coefficient (Wildman–Crippen LogP) is 1.81. The van der Waals surface area contributed by atoms with Crippen LogP contribution >= 0.6 is 0 Å². The molecule has 0 aliphatic rings. The molecule has 0 saturated carbocycles. The predicted molar refractivity (Wildman–Crippen MR) is 62.2 cm³/mol. The number of aldehydes is 2. The molecule has 0 spiro atoms. The second-order valence-corrected chi connectivity index (χ2v) is 3.46. The Morgan fingerprint density at radius 3 is 2.71 bits per heavy atom. The van der Waals surface area contributed by atoms with Crippen molar-refractivity contribution < 1.29 is 19.1 Å². The summed E-state index contributed by atoms with van der Waals surface area (Å²) in [6.07, 6.45) is 2.34. The first-order chi connectivity index (χ1) is 8.22. The molecule has 17 heavy (non-hydrogen) atoms. The van der Waals surface area contributed by atoms with Crippen molar-refractivity contribution in [3.63, 3.8) is 0 Å². The SMILES string of the molecule is CCOC(=O)c1ccc(CCC=O)c(C=O)c1. The average molecular weight is 234 g/mol. The zero-order valence-electron chi connectivity index (χ0n) is 9.64. The monoisotopic (exact) mass is 234 g/mol. The Labute approximate surface area is 99.6 Å². The zero-order valence-corrected chi connectivity index (χ0v) is 9.64. The maximum Gasteiger partial charge on any atom is 0.338 e. The first-order valence-corrected chi connectivity index (χ1v) is 5.41. The van der Waals surface area contributed by atoms with E-state index >= 15 is 0 Å². The van der Waals surface area contributed by atoms with Gasteiger partial charge in [0.1, 0.15) is 12.6 Å². The van der Waals surface area contributed by atoms with Crippen molar-refractivity contribution in [1.29, 1.82) is 0 Å². The van der Waals surface area contributed by atoms with Crippen LogP contribution in [0, 0.1) is 0 Å². The molecule has 0 aromatic heterocycles. The van der Waals surface area contributed by atoms with E-state index in [-0.39, 0.29) is 0 Å². The van der Waals surface area contributed by atoms with Crippen molar-refractivity contribution in [1.82, 2.24) is 0 Å². The van der Waals surface area contributed by atoms with E-state index in [9.17, 15) is 14.4 Å². The minimum atomic E-state index is -0.447. The van der Waals surface area contributed by atoms with Crippen LogP contribution in [0.1, 0.15) is 39.6 Å². The average Bonchev–Trinajstić information content (AvgIpc) is 2.36. The van der Waals surface area contributed by atoms with Gasteiger partial charge in [0, 0.05) is 12.0 Å². The lowest BCUT2D eigenvalue weighted by Crippen LogP contribution is -2.06. The van der Waals surface area contributed by atoms with E-state index in [1.807, 2.05) is 0 Å². The quantitative estimate of drug-likeness (QED) is 0.556. The summed E-state index contributed by atoms with van der Waals surface area (Å²) in [6, 6.07) is 4.77. The largest absolute Gasteiger partial charge is 0.462 e. The molecule has 1 aromatic carbocycles. The van der Waals surface area contributed by atoms with Gasteiger partial charge in [0.05, 0.1) is 12.2 Å². The summed E-state index contributed by atoms with van der Waals surface area (Å²) in [5, 5.41) is 0. The van der Waals surface area contributed by atoms with Crippen LogP contribution in [0.2, 0.25) is 0 Å². The van der Waals surface area contributed by atoms with E-state index in [2.05, 4.69) is 0 Å². The summed E-state index contributed by atoms with van der Waals surface area (Å²) < 4.78 is 4.84. The van der Waals surface area contributed by atoms with Crippen LogP contribution in [-0.4, -0.2) is 25.1 Å². The normalized spacial score (nSPS) is 9.71. The molecule has 4 nitrogen and oxygen atoms in total. The number of hydrogen-bond donors (Lipinski definition) is 0. The highest BCUT2D eigenvalue weighted by atomic mass is 16.5. The summed E-state index contributed by atoms with van der Waals surface area (Å²) in [7, 11) is 0. The third-order valence-electron chi connectivity index (χ3n) is 2.32. The number of carbonyl (C=O) groups excluding carboxylic acids is 3. The maximum atomic E-state index is 11.4. The molecule has 4 heteroatoms. The van der Waals surface area contributed by atoms with Gasteiger partial charge in [-0.15, -0.1) is 0 Å². The standard InChI is InChI=1S/C13H14O4/c1-2-17-13(16)11-6-5-10(4-3-7-14)12(8-11)9-15/h5-9H,2-4H2,1H3. The Hall–Kier alpha value is -1.97. The van der Waals surface area contributed by atoms with E-state index < -0.39 is 5.97 Å². The number of hydrogen-bond acceptors (Lipinski definition) is 4. The Bertz CT molecular complexity index is 423. The van der Waals surface area contributed by atoms with E-state index in [1.54, 1.807) is 19.1 Å². The van der Waals surface area contributed by atoms with Crippen LogP contribution in [0.15, 0.2) is 18.2 Å². The molecule has 0 aliphatic heterocycles. The molecule has 0 bridgehead atoms. The number of carbonyl (C=O) groups is 3. The highest BCUT2D eigenvalue weighted by molar-refractivity contribution is 5.92. The molecule has 0 N–H and O–H groups in total. The lowest BCUT2D eigenvalue weighted by Gasteiger charge is -2.06. The minimum absolute atomic E-state index is 0.294. The summed E-state index contributed by atoms with van der Waals surface area (Å²) in [6.45, 7) is 2.01. The van der Waals surface area contributed by atoms with Crippen molar-refractivity contribution in [2.24, 2.45) is 0 Å². The van der Waals surface area contributed by atoms with Crippen molar-refractivity contribution in [2.75, 3.05) is 6.61 Å². The number of benzene rings is 1. The van der Waals surface area contributed by atoms with Gasteiger partial charge in [-0.1, -0.05) is 6.07 Å². The topological polar surface area (TPSA) is 60.4 Å². The molecule has 0 saturated heterocycles. The Morgan fingerprint density at radius 2 is 2.12 bits per heavy atom. The van der Waals surface area contributed by atoms with Gasteiger partial charge in [-0.3, -0.25) is 4.79 Å². The number of ether oxygens (including phenoxy) is 1. The maximum absolute atomic E-state index is 11.4. The molecular weight excluding hydrogens is 220 g/mol. The van der Waals surface area contributed by atoms with Crippen LogP contribution in [0.5, 0.6) is 0 Å².